The van der Waals surface area contributed by atoms with Crippen LogP contribution in [0.4, 0.5) is 0 Å². The van der Waals surface area contributed by atoms with Gasteiger partial charge in [0.25, 0.3) is 10.0 Å². The highest BCUT2D eigenvalue weighted by Gasteiger charge is 2.33. The van der Waals surface area contributed by atoms with E-state index in [4.69, 9.17) is 0 Å². The number of sulfonamides is 1. The van der Waals surface area contributed by atoms with E-state index < -0.39 is 10.0 Å². The quantitative estimate of drug-likeness (QED) is 0.652. The lowest BCUT2D eigenvalue weighted by molar-refractivity contribution is -0.126. The lowest BCUT2D eigenvalue weighted by atomic mass is 9.99. The monoisotopic (exact) mass is 430 g/mol. The molecule has 2 aromatic heterocycles. The summed E-state index contributed by atoms with van der Waals surface area (Å²) in [5.41, 5.74) is 1.99. The first kappa shape index (κ1) is 19.8. The molecule has 0 aliphatic carbocycles. The number of thiophene rings is 1. The zero-order valence-corrected chi connectivity index (χ0v) is 17.4. The first-order valence-electron chi connectivity index (χ1n) is 9.43. The van der Waals surface area contributed by atoms with Crippen LogP contribution in [0.5, 0.6) is 0 Å². The highest BCUT2D eigenvalue weighted by atomic mass is 32.2. The summed E-state index contributed by atoms with van der Waals surface area (Å²) >= 11 is 1.20. The maximum absolute atomic E-state index is 12.7. The molecule has 0 saturated carbocycles. The molecule has 4 rings (SSSR count). The third-order valence-corrected chi connectivity index (χ3v) is 8.29. The fourth-order valence-electron chi connectivity index (χ4n) is 3.44. The van der Waals surface area contributed by atoms with Gasteiger partial charge in [-0.25, -0.2) is 13.4 Å². The van der Waals surface area contributed by atoms with E-state index in [0.717, 1.165) is 11.3 Å². The Hall–Kier alpha value is -2.49. The predicted molar refractivity (Wildman–Crippen MR) is 111 cm³/mol. The lowest BCUT2D eigenvalue weighted by Gasteiger charge is -2.30. The SMILES string of the molecule is O=C(NCc1ccc(-n2ccnc2)cc1)[C@H]1CCCN(S(=O)(=O)c2cccs2)C1. The van der Waals surface area contributed by atoms with Gasteiger partial charge in [0.15, 0.2) is 0 Å². The van der Waals surface area contributed by atoms with Crippen molar-refractivity contribution in [2.24, 2.45) is 5.92 Å². The second-order valence-corrected chi connectivity index (χ2v) is 10.1. The van der Waals surface area contributed by atoms with E-state index in [-0.39, 0.29) is 18.4 Å². The molecule has 152 valence electrons. The number of carbonyl (C=O) groups excluding carboxylic acids is 1. The van der Waals surface area contributed by atoms with Crippen molar-refractivity contribution in [3.05, 3.63) is 66.1 Å². The van der Waals surface area contributed by atoms with E-state index in [2.05, 4.69) is 10.3 Å². The molecule has 9 heteroatoms. The fourth-order valence-corrected chi connectivity index (χ4v) is 6.11. The van der Waals surface area contributed by atoms with Gasteiger partial charge < -0.3 is 9.88 Å². The van der Waals surface area contributed by atoms with Crippen LogP contribution in [0.15, 0.2) is 64.7 Å². The summed E-state index contributed by atoms with van der Waals surface area (Å²) in [5, 5.41) is 4.70. The molecule has 1 N–H and O–H groups in total. The Morgan fingerprint density at radius 2 is 2.07 bits per heavy atom. The zero-order valence-electron chi connectivity index (χ0n) is 15.8. The van der Waals surface area contributed by atoms with E-state index in [1.54, 1.807) is 30.0 Å². The predicted octanol–water partition coefficient (Wildman–Crippen LogP) is 2.65. The molecule has 3 heterocycles. The van der Waals surface area contributed by atoms with Gasteiger partial charge in [0.2, 0.25) is 5.91 Å². The maximum atomic E-state index is 12.7. The van der Waals surface area contributed by atoms with E-state index in [1.165, 1.54) is 15.6 Å². The Morgan fingerprint density at radius 3 is 2.76 bits per heavy atom. The van der Waals surface area contributed by atoms with Gasteiger partial charge in [-0.15, -0.1) is 11.3 Å². The van der Waals surface area contributed by atoms with Crippen molar-refractivity contribution in [3.8, 4) is 5.69 Å². The Bertz CT molecular complexity index is 1050. The van der Waals surface area contributed by atoms with Crippen molar-refractivity contribution in [1.29, 1.82) is 0 Å². The van der Waals surface area contributed by atoms with Gasteiger partial charge in [-0.2, -0.15) is 4.31 Å². The summed E-state index contributed by atoms with van der Waals surface area (Å²) < 4.78 is 29.1. The molecule has 1 fully saturated rings. The Labute approximate surface area is 174 Å². The number of benzene rings is 1. The molecule has 1 amide bonds. The van der Waals surface area contributed by atoms with Crippen LogP contribution < -0.4 is 5.32 Å². The average molecular weight is 431 g/mol. The van der Waals surface area contributed by atoms with Crippen LogP contribution in [0.1, 0.15) is 18.4 Å². The Morgan fingerprint density at radius 1 is 1.24 bits per heavy atom. The third kappa shape index (κ3) is 4.42. The van der Waals surface area contributed by atoms with Crippen LogP contribution in [0.2, 0.25) is 0 Å². The molecule has 0 spiro atoms. The number of carbonyl (C=O) groups is 1. The van der Waals surface area contributed by atoms with Crippen LogP contribution >= 0.6 is 11.3 Å². The van der Waals surface area contributed by atoms with Gasteiger partial charge in [0.1, 0.15) is 4.21 Å². The summed E-state index contributed by atoms with van der Waals surface area (Å²) in [6, 6.07) is 11.2. The highest BCUT2D eigenvalue weighted by Crippen LogP contribution is 2.26. The molecule has 0 unspecified atom stereocenters. The number of nitrogens with one attached hydrogen (secondary N) is 1. The second kappa shape index (κ2) is 8.48. The maximum Gasteiger partial charge on any atom is 0.252 e. The summed E-state index contributed by atoms with van der Waals surface area (Å²) in [4.78, 5) is 16.7. The molecule has 1 aliphatic rings. The Kier molecular flexibility index (Phi) is 5.79. The molecule has 7 nitrogen and oxygen atoms in total. The number of hydrogen-bond donors (Lipinski definition) is 1. The Balaban J connectivity index is 1.35. The molecule has 0 radical (unpaired) electrons. The molecular formula is C20H22N4O3S2. The molecule has 1 aromatic carbocycles. The highest BCUT2D eigenvalue weighted by molar-refractivity contribution is 7.91. The van der Waals surface area contributed by atoms with Gasteiger partial charge in [-0.3, -0.25) is 4.79 Å². The summed E-state index contributed by atoms with van der Waals surface area (Å²) in [6.07, 6.45) is 6.70. The molecule has 3 aromatic rings. The minimum atomic E-state index is -3.51. The summed E-state index contributed by atoms with van der Waals surface area (Å²) in [5.74, 6) is -0.432. The number of piperidine rings is 1. The first-order valence-corrected chi connectivity index (χ1v) is 11.7. The normalized spacial score (nSPS) is 17.9. The number of rotatable bonds is 6. The van der Waals surface area contributed by atoms with Crippen LogP contribution in [0.3, 0.4) is 0 Å². The smallest absolute Gasteiger partial charge is 0.252 e. The minimum Gasteiger partial charge on any atom is -0.352 e. The number of nitrogens with zero attached hydrogens (tertiary/aromatic N) is 3. The number of amides is 1. The third-order valence-electron chi connectivity index (χ3n) is 5.05. The van der Waals surface area contributed by atoms with Gasteiger partial charge in [-0.1, -0.05) is 18.2 Å². The number of aromatic nitrogens is 2. The standard InChI is InChI=1S/C20H22N4O3S2/c25-20(22-13-16-5-7-18(8-6-16)23-11-9-21-15-23)17-3-1-10-24(14-17)29(26,27)19-4-2-12-28-19/h2,4-9,11-12,15,17H,1,3,10,13-14H2,(H,22,25)/t17-/m0/s1. The average Bonchev–Trinajstić information content (AvgIpc) is 3.47. The number of hydrogen-bond acceptors (Lipinski definition) is 5. The van der Waals surface area contributed by atoms with Crippen molar-refractivity contribution < 1.29 is 13.2 Å². The van der Waals surface area contributed by atoms with Gasteiger partial charge in [0, 0.05) is 37.7 Å². The molecule has 1 atom stereocenters. The van der Waals surface area contributed by atoms with Crippen molar-refractivity contribution in [3.63, 3.8) is 0 Å². The topological polar surface area (TPSA) is 84.3 Å². The molecule has 29 heavy (non-hydrogen) atoms. The molecular weight excluding hydrogens is 408 g/mol. The molecule has 1 aliphatic heterocycles. The zero-order chi connectivity index (χ0) is 20.3. The van der Waals surface area contributed by atoms with Crippen LogP contribution in [0, 0.1) is 5.92 Å². The summed E-state index contributed by atoms with van der Waals surface area (Å²) in [6.45, 7) is 1.10. The number of imidazole rings is 1. The fraction of sp³-hybridized carbons (Fsp3) is 0.300. The first-order chi connectivity index (χ1) is 14.0. The molecule has 0 bridgehead atoms. The largest absolute Gasteiger partial charge is 0.352 e. The lowest BCUT2D eigenvalue weighted by Crippen LogP contribution is -2.45. The van der Waals surface area contributed by atoms with E-state index in [1.807, 2.05) is 35.0 Å². The van der Waals surface area contributed by atoms with E-state index in [9.17, 15) is 13.2 Å². The van der Waals surface area contributed by atoms with E-state index >= 15 is 0 Å². The van der Waals surface area contributed by atoms with Gasteiger partial charge >= 0.3 is 0 Å². The van der Waals surface area contributed by atoms with E-state index in [0.29, 0.717) is 30.1 Å². The van der Waals surface area contributed by atoms with Crippen molar-refractivity contribution in [1.82, 2.24) is 19.2 Å². The van der Waals surface area contributed by atoms with Crippen molar-refractivity contribution in [2.75, 3.05) is 13.1 Å². The minimum absolute atomic E-state index is 0.102. The van der Waals surface area contributed by atoms with Crippen molar-refractivity contribution in [2.45, 2.75) is 23.6 Å². The van der Waals surface area contributed by atoms with Crippen LogP contribution in [-0.2, 0) is 21.4 Å². The van der Waals surface area contributed by atoms with Gasteiger partial charge in [-0.05, 0) is 42.0 Å². The van der Waals surface area contributed by atoms with Crippen LogP contribution in [0.25, 0.3) is 5.69 Å². The summed E-state index contributed by atoms with van der Waals surface area (Å²) in [7, 11) is -3.51. The molecule has 1 saturated heterocycles. The van der Waals surface area contributed by atoms with Crippen molar-refractivity contribution >= 4 is 27.3 Å². The van der Waals surface area contributed by atoms with Gasteiger partial charge in [0.05, 0.1) is 12.2 Å². The van der Waals surface area contributed by atoms with Crippen LogP contribution in [-0.4, -0.2) is 41.3 Å². The second-order valence-electron chi connectivity index (χ2n) is 6.99.